The summed E-state index contributed by atoms with van der Waals surface area (Å²) in [6, 6.07) is 10.4. The van der Waals surface area contributed by atoms with Gasteiger partial charge in [0.2, 0.25) is 5.91 Å². The van der Waals surface area contributed by atoms with Gasteiger partial charge in [-0.2, -0.15) is 0 Å². The van der Waals surface area contributed by atoms with E-state index in [1.165, 1.54) is 5.56 Å². The van der Waals surface area contributed by atoms with Gasteiger partial charge < -0.3 is 9.80 Å². The van der Waals surface area contributed by atoms with Crippen LogP contribution in [-0.4, -0.2) is 48.9 Å². The van der Waals surface area contributed by atoms with Crippen LogP contribution in [0.25, 0.3) is 0 Å². The first-order chi connectivity index (χ1) is 8.75. The Morgan fingerprint density at radius 3 is 2.44 bits per heavy atom. The molecule has 2 aliphatic rings. The Morgan fingerprint density at radius 1 is 1.11 bits per heavy atom. The van der Waals surface area contributed by atoms with Gasteiger partial charge in [-0.15, -0.1) is 0 Å². The van der Waals surface area contributed by atoms with Gasteiger partial charge in [0.05, 0.1) is 0 Å². The van der Waals surface area contributed by atoms with Crippen molar-refractivity contribution >= 4 is 5.91 Å². The van der Waals surface area contributed by atoms with Gasteiger partial charge in [-0.1, -0.05) is 30.3 Å². The predicted molar refractivity (Wildman–Crippen MR) is 71.4 cm³/mol. The summed E-state index contributed by atoms with van der Waals surface area (Å²) in [7, 11) is 2.12. The average molecular weight is 244 g/mol. The van der Waals surface area contributed by atoms with Crippen LogP contribution in [0.2, 0.25) is 0 Å². The van der Waals surface area contributed by atoms with Gasteiger partial charge in [0, 0.05) is 32.1 Å². The van der Waals surface area contributed by atoms with Crippen molar-refractivity contribution in [3.8, 4) is 0 Å². The zero-order valence-electron chi connectivity index (χ0n) is 10.9. The van der Waals surface area contributed by atoms with Crippen molar-refractivity contribution in [2.24, 2.45) is 5.92 Å². The zero-order chi connectivity index (χ0) is 12.5. The highest BCUT2D eigenvalue weighted by atomic mass is 16.2. The molecule has 1 saturated carbocycles. The molecule has 1 aromatic rings. The van der Waals surface area contributed by atoms with E-state index in [1.54, 1.807) is 0 Å². The Morgan fingerprint density at radius 2 is 1.78 bits per heavy atom. The third-order valence-corrected chi connectivity index (χ3v) is 4.15. The van der Waals surface area contributed by atoms with E-state index in [1.807, 2.05) is 11.0 Å². The summed E-state index contributed by atoms with van der Waals surface area (Å²) >= 11 is 0. The average Bonchev–Trinajstić information content (AvgIpc) is 3.20. The van der Waals surface area contributed by atoms with Crippen LogP contribution in [-0.2, 0) is 4.79 Å². The number of amides is 1. The van der Waals surface area contributed by atoms with E-state index in [9.17, 15) is 4.79 Å². The molecule has 0 bridgehead atoms. The number of nitrogens with zero attached hydrogens (tertiary/aromatic N) is 2. The first-order valence-electron chi connectivity index (χ1n) is 6.78. The maximum absolute atomic E-state index is 12.4. The molecule has 3 nitrogen and oxygen atoms in total. The Kier molecular flexibility index (Phi) is 3.08. The molecule has 0 unspecified atom stereocenters. The molecule has 1 aliphatic carbocycles. The third kappa shape index (κ3) is 2.27. The lowest BCUT2D eigenvalue weighted by atomic mass is 10.1. The van der Waals surface area contributed by atoms with Crippen LogP contribution in [0.4, 0.5) is 0 Å². The summed E-state index contributed by atoms with van der Waals surface area (Å²) in [4.78, 5) is 16.7. The van der Waals surface area contributed by atoms with Crippen molar-refractivity contribution < 1.29 is 4.79 Å². The maximum Gasteiger partial charge on any atom is 0.226 e. The van der Waals surface area contributed by atoms with Gasteiger partial charge in [-0.3, -0.25) is 4.79 Å². The molecule has 18 heavy (non-hydrogen) atoms. The van der Waals surface area contributed by atoms with Gasteiger partial charge in [0.15, 0.2) is 0 Å². The number of hydrogen-bond donors (Lipinski definition) is 0. The van der Waals surface area contributed by atoms with E-state index in [2.05, 4.69) is 36.2 Å². The molecule has 0 spiro atoms. The highest BCUT2D eigenvalue weighted by Crippen LogP contribution is 2.48. The molecule has 3 rings (SSSR count). The van der Waals surface area contributed by atoms with Gasteiger partial charge in [0.25, 0.3) is 0 Å². The lowest BCUT2D eigenvalue weighted by molar-refractivity contribution is -0.134. The molecular formula is C15H20N2O. The Hall–Kier alpha value is -1.35. The highest BCUT2D eigenvalue weighted by Gasteiger charge is 2.45. The first-order valence-corrected chi connectivity index (χ1v) is 6.78. The van der Waals surface area contributed by atoms with Crippen LogP contribution in [0.3, 0.4) is 0 Å². The molecule has 1 heterocycles. The maximum atomic E-state index is 12.4. The number of likely N-dealkylation sites (N-methyl/N-ethyl adjacent to an activating group) is 1. The fourth-order valence-electron chi connectivity index (χ4n) is 2.80. The standard InChI is InChI=1S/C15H20N2O/c1-16-7-9-17(10-8-16)15(18)14-11-13(14)12-5-3-2-4-6-12/h2-6,13-14H,7-11H2,1H3/t13-,14-/m1/s1. The molecule has 2 fully saturated rings. The number of carbonyl (C=O) groups excluding carboxylic acids is 1. The molecule has 1 saturated heterocycles. The smallest absolute Gasteiger partial charge is 0.226 e. The summed E-state index contributed by atoms with van der Waals surface area (Å²) < 4.78 is 0. The second kappa shape index (κ2) is 4.73. The lowest BCUT2D eigenvalue weighted by Crippen LogP contribution is -2.47. The van der Waals surface area contributed by atoms with E-state index < -0.39 is 0 Å². The van der Waals surface area contributed by atoms with Crippen LogP contribution in [0, 0.1) is 5.92 Å². The number of hydrogen-bond acceptors (Lipinski definition) is 2. The number of rotatable bonds is 2. The largest absolute Gasteiger partial charge is 0.340 e. The number of carbonyl (C=O) groups is 1. The van der Waals surface area contributed by atoms with E-state index in [4.69, 9.17) is 0 Å². The van der Waals surface area contributed by atoms with E-state index in [0.717, 1.165) is 32.6 Å². The molecule has 0 radical (unpaired) electrons. The molecule has 0 aromatic heterocycles. The zero-order valence-corrected chi connectivity index (χ0v) is 10.9. The summed E-state index contributed by atoms with van der Waals surface area (Å²) in [6.07, 6.45) is 1.04. The van der Waals surface area contributed by atoms with Crippen molar-refractivity contribution in [3.05, 3.63) is 35.9 Å². The monoisotopic (exact) mass is 244 g/mol. The van der Waals surface area contributed by atoms with E-state index in [0.29, 0.717) is 11.8 Å². The lowest BCUT2D eigenvalue weighted by Gasteiger charge is -2.32. The van der Waals surface area contributed by atoms with Crippen molar-refractivity contribution in [2.75, 3.05) is 33.2 Å². The molecule has 96 valence electrons. The van der Waals surface area contributed by atoms with E-state index in [-0.39, 0.29) is 5.92 Å². The molecule has 3 heteroatoms. The molecule has 1 aliphatic heterocycles. The quantitative estimate of drug-likeness (QED) is 0.788. The Labute approximate surface area is 108 Å². The van der Waals surface area contributed by atoms with Crippen molar-refractivity contribution in [1.29, 1.82) is 0 Å². The Bertz CT molecular complexity index is 423. The van der Waals surface area contributed by atoms with Crippen LogP contribution in [0.15, 0.2) is 30.3 Å². The van der Waals surface area contributed by atoms with Crippen LogP contribution < -0.4 is 0 Å². The second-order valence-electron chi connectivity index (χ2n) is 5.49. The van der Waals surface area contributed by atoms with Crippen molar-refractivity contribution in [2.45, 2.75) is 12.3 Å². The fourth-order valence-corrected chi connectivity index (χ4v) is 2.80. The summed E-state index contributed by atoms with van der Waals surface area (Å²) in [5.74, 6) is 1.09. The van der Waals surface area contributed by atoms with Gasteiger partial charge in [0.1, 0.15) is 0 Å². The summed E-state index contributed by atoms with van der Waals surface area (Å²) in [6.45, 7) is 3.81. The van der Waals surface area contributed by atoms with Crippen molar-refractivity contribution in [3.63, 3.8) is 0 Å². The summed E-state index contributed by atoms with van der Waals surface area (Å²) in [5.41, 5.74) is 1.32. The number of benzene rings is 1. The number of piperazine rings is 1. The van der Waals surface area contributed by atoms with Gasteiger partial charge in [-0.05, 0) is 24.9 Å². The van der Waals surface area contributed by atoms with Crippen molar-refractivity contribution in [1.82, 2.24) is 9.80 Å². The van der Waals surface area contributed by atoms with Crippen LogP contribution >= 0.6 is 0 Å². The van der Waals surface area contributed by atoms with E-state index >= 15 is 0 Å². The molecule has 0 N–H and O–H groups in total. The SMILES string of the molecule is CN1CCN(C(=O)[C@@H]2C[C@@H]2c2ccccc2)CC1. The minimum Gasteiger partial charge on any atom is -0.340 e. The Balaban J connectivity index is 1.59. The highest BCUT2D eigenvalue weighted by molar-refractivity contribution is 5.83. The minimum absolute atomic E-state index is 0.246. The second-order valence-corrected chi connectivity index (χ2v) is 5.49. The first kappa shape index (κ1) is 11.7. The molecule has 1 aromatic carbocycles. The van der Waals surface area contributed by atoms with Crippen LogP contribution in [0.1, 0.15) is 17.9 Å². The topological polar surface area (TPSA) is 23.6 Å². The minimum atomic E-state index is 0.246. The fraction of sp³-hybridized carbons (Fsp3) is 0.533. The van der Waals surface area contributed by atoms with Crippen LogP contribution in [0.5, 0.6) is 0 Å². The molecule has 1 amide bonds. The molecular weight excluding hydrogens is 224 g/mol. The predicted octanol–water partition coefficient (Wildman–Crippen LogP) is 1.56. The normalized spacial score (nSPS) is 28.2. The molecule has 2 atom stereocenters. The summed E-state index contributed by atoms with van der Waals surface area (Å²) in [5, 5.41) is 0. The van der Waals surface area contributed by atoms with Gasteiger partial charge >= 0.3 is 0 Å². The van der Waals surface area contributed by atoms with Gasteiger partial charge in [-0.25, -0.2) is 0 Å². The third-order valence-electron chi connectivity index (χ3n) is 4.15.